The third-order valence-corrected chi connectivity index (χ3v) is 5.89. The van der Waals surface area contributed by atoms with E-state index in [9.17, 15) is 4.79 Å². The van der Waals surface area contributed by atoms with Crippen LogP contribution in [0, 0.1) is 5.92 Å². The minimum atomic E-state index is 0.0351. The third-order valence-electron chi connectivity index (χ3n) is 5.89. The highest BCUT2D eigenvalue weighted by molar-refractivity contribution is 5.75. The summed E-state index contributed by atoms with van der Waals surface area (Å²) >= 11 is 0. The summed E-state index contributed by atoms with van der Waals surface area (Å²) in [6.45, 7) is 3.36. The zero-order chi connectivity index (χ0) is 16.5. The SMILES string of the molecule is NC1CCCC(CN2CCC(n3c(=O)[nH]c4ccccc43)CC2)C1. The number of nitrogens with one attached hydrogen (secondary N) is 1. The highest BCUT2D eigenvalue weighted by Gasteiger charge is 2.26. The zero-order valence-corrected chi connectivity index (χ0v) is 14.3. The Morgan fingerprint density at radius 1 is 1.12 bits per heavy atom. The largest absolute Gasteiger partial charge is 0.328 e. The first-order valence-electron chi connectivity index (χ1n) is 9.38. The highest BCUT2D eigenvalue weighted by atomic mass is 16.1. The number of benzene rings is 1. The van der Waals surface area contributed by atoms with Crippen LogP contribution in [0.5, 0.6) is 0 Å². The Morgan fingerprint density at radius 2 is 1.92 bits per heavy atom. The fourth-order valence-electron chi connectivity index (χ4n) is 4.66. The van der Waals surface area contributed by atoms with Gasteiger partial charge < -0.3 is 15.6 Å². The van der Waals surface area contributed by atoms with Crippen LogP contribution >= 0.6 is 0 Å². The number of para-hydroxylation sites is 2. The van der Waals surface area contributed by atoms with Gasteiger partial charge in [0.25, 0.3) is 0 Å². The first-order chi connectivity index (χ1) is 11.7. The summed E-state index contributed by atoms with van der Waals surface area (Å²) in [6, 6.07) is 8.73. The number of H-pyrrole nitrogens is 1. The Hall–Kier alpha value is -1.59. The predicted octanol–water partition coefficient (Wildman–Crippen LogP) is 2.48. The van der Waals surface area contributed by atoms with Crippen LogP contribution in [0.25, 0.3) is 11.0 Å². The third kappa shape index (κ3) is 3.15. The maximum Gasteiger partial charge on any atom is 0.326 e. The van der Waals surface area contributed by atoms with Gasteiger partial charge in [-0.1, -0.05) is 18.6 Å². The second-order valence-electron chi connectivity index (χ2n) is 7.64. The van der Waals surface area contributed by atoms with E-state index < -0.39 is 0 Å². The number of piperidine rings is 1. The number of nitrogens with zero attached hydrogens (tertiary/aromatic N) is 2. The number of rotatable bonds is 3. The van der Waals surface area contributed by atoms with Crippen molar-refractivity contribution in [2.45, 2.75) is 50.6 Å². The van der Waals surface area contributed by atoms with E-state index in [4.69, 9.17) is 5.73 Å². The fourth-order valence-corrected chi connectivity index (χ4v) is 4.66. The Kier molecular flexibility index (Phi) is 4.46. The van der Waals surface area contributed by atoms with Gasteiger partial charge in [0, 0.05) is 31.7 Å². The summed E-state index contributed by atoms with van der Waals surface area (Å²) in [5, 5.41) is 0. The Bertz CT molecular complexity index is 741. The highest BCUT2D eigenvalue weighted by Crippen LogP contribution is 2.28. The van der Waals surface area contributed by atoms with Crippen molar-refractivity contribution in [3.8, 4) is 0 Å². The summed E-state index contributed by atoms with van der Waals surface area (Å²) in [5.41, 5.74) is 8.15. The van der Waals surface area contributed by atoms with Crippen molar-refractivity contribution in [3.05, 3.63) is 34.7 Å². The zero-order valence-electron chi connectivity index (χ0n) is 14.3. The molecular formula is C19H28N4O. The maximum atomic E-state index is 12.4. The van der Waals surface area contributed by atoms with Crippen LogP contribution in [0.4, 0.5) is 0 Å². The molecule has 130 valence electrons. The van der Waals surface area contributed by atoms with E-state index in [1.807, 2.05) is 28.8 Å². The Morgan fingerprint density at radius 3 is 2.71 bits per heavy atom. The average molecular weight is 328 g/mol. The van der Waals surface area contributed by atoms with Crippen molar-refractivity contribution in [1.29, 1.82) is 0 Å². The second kappa shape index (κ2) is 6.73. The molecule has 2 atom stereocenters. The molecule has 1 aliphatic heterocycles. The molecule has 5 heteroatoms. The van der Waals surface area contributed by atoms with Crippen LogP contribution in [0.1, 0.15) is 44.6 Å². The topological polar surface area (TPSA) is 67.0 Å². The molecule has 1 aromatic heterocycles. The van der Waals surface area contributed by atoms with Gasteiger partial charge in [0.05, 0.1) is 11.0 Å². The smallest absolute Gasteiger partial charge is 0.326 e. The monoisotopic (exact) mass is 328 g/mol. The van der Waals surface area contributed by atoms with E-state index in [0.29, 0.717) is 12.1 Å². The summed E-state index contributed by atoms with van der Waals surface area (Å²) < 4.78 is 1.98. The van der Waals surface area contributed by atoms with Gasteiger partial charge in [-0.05, 0) is 50.2 Å². The van der Waals surface area contributed by atoms with Crippen LogP contribution in [0.3, 0.4) is 0 Å². The number of aromatic nitrogens is 2. The van der Waals surface area contributed by atoms with Gasteiger partial charge in [-0.3, -0.25) is 4.57 Å². The molecule has 24 heavy (non-hydrogen) atoms. The van der Waals surface area contributed by atoms with Crippen LogP contribution in [0.2, 0.25) is 0 Å². The van der Waals surface area contributed by atoms with Crippen molar-refractivity contribution in [3.63, 3.8) is 0 Å². The Balaban J connectivity index is 1.40. The van der Waals surface area contributed by atoms with Crippen LogP contribution in [0.15, 0.2) is 29.1 Å². The quantitative estimate of drug-likeness (QED) is 0.909. The molecule has 0 radical (unpaired) electrons. The van der Waals surface area contributed by atoms with Gasteiger partial charge in [0.2, 0.25) is 0 Å². The standard InChI is InChI=1S/C19H28N4O/c20-15-5-3-4-14(12-15)13-22-10-8-16(9-11-22)23-18-7-2-1-6-17(18)21-19(23)24/h1-2,6-7,14-16H,3-5,8-13,20H2,(H,21,24). The number of hydrogen-bond donors (Lipinski definition) is 2. The van der Waals surface area contributed by atoms with Crippen LogP contribution in [-0.4, -0.2) is 40.1 Å². The number of imidazole rings is 1. The van der Waals surface area contributed by atoms with Gasteiger partial charge in [-0.15, -0.1) is 0 Å². The van der Waals surface area contributed by atoms with Crippen molar-refractivity contribution < 1.29 is 0 Å². The Labute approximate surface area is 142 Å². The number of fused-ring (bicyclic) bond motifs is 1. The number of nitrogens with two attached hydrogens (primary N) is 1. The molecule has 1 saturated carbocycles. The lowest BCUT2D eigenvalue weighted by Crippen LogP contribution is -2.41. The molecule has 1 aliphatic carbocycles. The molecule has 2 aliphatic rings. The molecule has 2 unspecified atom stereocenters. The van der Waals surface area contributed by atoms with Crippen molar-refractivity contribution in [2.24, 2.45) is 11.7 Å². The molecule has 1 aromatic carbocycles. The van der Waals surface area contributed by atoms with Gasteiger partial charge >= 0.3 is 5.69 Å². The van der Waals surface area contributed by atoms with Gasteiger partial charge in [0.15, 0.2) is 0 Å². The maximum absolute atomic E-state index is 12.4. The molecule has 0 spiro atoms. The molecule has 4 rings (SSSR count). The lowest BCUT2D eigenvalue weighted by Gasteiger charge is -2.36. The summed E-state index contributed by atoms with van der Waals surface area (Å²) in [6.07, 6.45) is 7.10. The van der Waals surface area contributed by atoms with Crippen molar-refractivity contribution in [2.75, 3.05) is 19.6 Å². The van der Waals surface area contributed by atoms with Crippen LogP contribution in [-0.2, 0) is 0 Å². The average Bonchev–Trinajstić information content (AvgIpc) is 2.91. The van der Waals surface area contributed by atoms with Crippen molar-refractivity contribution >= 4 is 11.0 Å². The molecule has 2 fully saturated rings. The van der Waals surface area contributed by atoms with E-state index in [2.05, 4.69) is 9.88 Å². The van der Waals surface area contributed by atoms with Gasteiger partial charge in [0.1, 0.15) is 0 Å². The first-order valence-corrected chi connectivity index (χ1v) is 9.38. The number of likely N-dealkylation sites (tertiary alicyclic amines) is 1. The lowest BCUT2D eigenvalue weighted by atomic mass is 9.85. The molecule has 2 heterocycles. The van der Waals surface area contributed by atoms with E-state index in [1.165, 1.54) is 32.2 Å². The van der Waals surface area contributed by atoms with Crippen LogP contribution < -0.4 is 11.4 Å². The molecule has 2 aromatic rings. The molecule has 5 nitrogen and oxygen atoms in total. The normalized spacial score (nSPS) is 26.9. The fraction of sp³-hybridized carbons (Fsp3) is 0.632. The summed E-state index contributed by atoms with van der Waals surface area (Å²) in [4.78, 5) is 17.9. The van der Waals surface area contributed by atoms with E-state index >= 15 is 0 Å². The molecular weight excluding hydrogens is 300 g/mol. The summed E-state index contributed by atoms with van der Waals surface area (Å²) in [5.74, 6) is 0.765. The minimum absolute atomic E-state index is 0.0351. The molecule has 0 amide bonds. The first kappa shape index (κ1) is 15.9. The summed E-state index contributed by atoms with van der Waals surface area (Å²) in [7, 11) is 0. The molecule has 3 N–H and O–H groups in total. The second-order valence-corrected chi connectivity index (χ2v) is 7.64. The van der Waals surface area contributed by atoms with E-state index in [0.717, 1.165) is 42.9 Å². The predicted molar refractivity (Wildman–Crippen MR) is 97.2 cm³/mol. The minimum Gasteiger partial charge on any atom is -0.328 e. The van der Waals surface area contributed by atoms with E-state index in [1.54, 1.807) is 0 Å². The number of aromatic amines is 1. The number of hydrogen-bond acceptors (Lipinski definition) is 3. The lowest BCUT2D eigenvalue weighted by molar-refractivity contribution is 0.144. The van der Waals surface area contributed by atoms with Gasteiger partial charge in [-0.2, -0.15) is 0 Å². The molecule has 1 saturated heterocycles. The van der Waals surface area contributed by atoms with E-state index in [-0.39, 0.29) is 5.69 Å². The van der Waals surface area contributed by atoms with Gasteiger partial charge in [-0.25, -0.2) is 4.79 Å². The van der Waals surface area contributed by atoms with Crippen molar-refractivity contribution in [1.82, 2.24) is 14.5 Å². The molecule has 0 bridgehead atoms.